The third-order valence-corrected chi connectivity index (χ3v) is 5.03. The van der Waals surface area contributed by atoms with Crippen molar-refractivity contribution in [2.24, 2.45) is 0 Å². The molecule has 0 saturated carbocycles. The van der Waals surface area contributed by atoms with E-state index in [2.05, 4.69) is 36.9 Å². The van der Waals surface area contributed by atoms with E-state index in [9.17, 15) is 9.59 Å². The lowest BCUT2D eigenvalue weighted by Crippen LogP contribution is -2.54. The van der Waals surface area contributed by atoms with Crippen molar-refractivity contribution in [3.05, 3.63) is 29.3 Å². The summed E-state index contributed by atoms with van der Waals surface area (Å²) in [6.45, 7) is 14.9. The zero-order valence-corrected chi connectivity index (χ0v) is 16.4. The first-order valence-electron chi connectivity index (χ1n) is 8.98. The van der Waals surface area contributed by atoms with Gasteiger partial charge in [-0.3, -0.25) is 9.59 Å². The van der Waals surface area contributed by atoms with Gasteiger partial charge >= 0.3 is 0 Å². The minimum absolute atomic E-state index is 0.0331. The van der Waals surface area contributed by atoms with Crippen molar-refractivity contribution in [2.45, 2.75) is 47.1 Å². The number of nitrogens with zero attached hydrogens (tertiary/aromatic N) is 3. The van der Waals surface area contributed by atoms with E-state index in [4.69, 9.17) is 0 Å². The summed E-state index contributed by atoms with van der Waals surface area (Å²) in [5.41, 5.74) is 3.50. The summed E-state index contributed by atoms with van der Waals surface area (Å²) in [5.74, 6) is -0.0272. The van der Waals surface area contributed by atoms with Crippen molar-refractivity contribution in [2.75, 3.05) is 37.6 Å². The van der Waals surface area contributed by atoms with Crippen LogP contribution in [0.4, 0.5) is 5.69 Å². The molecule has 0 bridgehead atoms. The molecule has 0 unspecified atom stereocenters. The largest absolute Gasteiger partial charge is 0.368 e. The molecule has 5 nitrogen and oxygen atoms in total. The summed E-state index contributed by atoms with van der Waals surface area (Å²) in [6.07, 6.45) is 0. The van der Waals surface area contributed by atoms with E-state index in [1.54, 1.807) is 4.90 Å². The van der Waals surface area contributed by atoms with E-state index < -0.39 is 0 Å². The van der Waals surface area contributed by atoms with Crippen LogP contribution < -0.4 is 4.90 Å². The normalized spacial score (nSPS) is 15.3. The molecule has 138 valence electrons. The number of hydrogen-bond acceptors (Lipinski definition) is 3. The van der Waals surface area contributed by atoms with Crippen molar-refractivity contribution in [3.63, 3.8) is 0 Å². The first kappa shape index (κ1) is 19.3. The van der Waals surface area contributed by atoms with Crippen LogP contribution in [0.25, 0.3) is 0 Å². The minimum Gasteiger partial charge on any atom is -0.368 e. The maximum atomic E-state index is 12.6. The van der Waals surface area contributed by atoms with Crippen molar-refractivity contribution < 1.29 is 9.59 Å². The zero-order valence-electron chi connectivity index (χ0n) is 16.4. The van der Waals surface area contributed by atoms with Gasteiger partial charge in [-0.05, 0) is 51.8 Å². The second-order valence-electron chi connectivity index (χ2n) is 7.86. The lowest BCUT2D eigenvalue weighted by Gasteiger charge is -2.39. The fourth-order valence-corrected chi connectivity index (χ4v) is 3.33. The Balaban J connectivity index is 1.98. The first-order chi connectivity index (χ1) is 11.6. The topological polar surface area (TPSA) is 43.9 Å². The summed E-state index contributed by atoms with van der Waals surface area (Å²) in [5, 5.41) is 0. The Bertz CT molecular complexity index is 641. The predicted molar refractivity (Wildman–Crippen MR) is 102 cm³/mol. The van der Waals surface area contributed by atoms with Gasteiger partial charge in [-0.1, -0.05) is 12.1 Å². The molecule has 0 radical (unpaired) electrons. The van der Waals surface area contributed by atoms with E-state index in [-0.39, 0.29) is 23.9 Å². The summed E-state index contributed by atoms with van der Waals surface area (Å²) in [6, 6.07) is 6.36. The molecule has 0 atom stereocenters. The van der Waals surface area contributed by atoms with Gasteiger partial charge in [-0.2, -0.15) is 0 Å². The highest BCUT2D eigenvalue weighted by Crippen LogP contribution is 2.24. The predicted octanol–water partition coefficient (Wildman–Crippen LogP) is 2.60. The molecule has 5 heteroatoms. The lowest BCUT2D eigenvalue weighted by molar-refractivity contribution is -0.143. The lowest BCUT2D eigenvalue weighted by atomic mass is 10.1. The zero-order chi connectivity index (χ0) is 18.8. The van der Waals surface area contributed by atoms with Crippen molar-refractivity contribution >= 4 is 17.5 Å². The molecule has 2 amide bonds. The highest BCUT2D eigenvalue weighted by atomic mass is 16.2. The van der Waals surface area contributed by atoms with Gasteiger partial charge in [0.25, 0.3) is 0 Å². The van der Waals surface area contributed by atoms with Crippen LogP contribution in [0.1, 0.15) is 38.8 Å². The number of amides is 2. The van der Waals surface area contributed by atoms with Crippen LogP contribution in [0, 0.1) is 13.8 Å². The molecule has 0 N–H and O–H groups in total. The molecule has 1 saturated heterocycles. The standard InChI is InChI=1S/C20H31N3O2/c1-15-8-7-9-18(16(15)2)21-10-12-22(13-11-21)19(25)14-23(17(3)24)20(4,5)6/h7-9H,10-14H2,1-6H3. The molecule has 1 heterocycles. The third-order valence-electron chi connectivity index (χ3n) is 5.03. The molecular formula is C20H31N3O2. The Morgan fingerprint density at radius 2 is 1.68 bits per heavy atom. The van der Waals surface area contributed by atoms with E-state index in [0.29, 0.717) is 13.1 Å². The van der Waals surface area contributed by atoms with Crippen LogP contribution >= 0.6 is 0 Å². The summed E-state index contributed by atoms with van der Waals surface area (Å²) < 4.78 is 0. The average Bonchev–Trinajstić information content (AvgIpc) is 2.54. The fourth-order valence-electron chi connectivity index (χ4n) is 3.33. The molecule has 2 rings (SSSR count). The van der Waals surface area contributed by atoms with Gasteiger partial charge in [0, 0.05) is 44.3 Å². The number of anilines is 1. The smallest absolute Gasteiger partial charge is 0.242 e. The van der Waals surface area contributed by atoms with E-state index >= 15 is 0 Å². The van der Waals surface area contributed by atoms with Gasteiger partial charge in [0.1, 0.15) is 6.54 Å². The van der Waals surface area contributed by atoms with E-state index in [1.165, 1.54) is 23.7 Å². The molecule has 1 aliphatic heterocycles. The Morgan fingerprint density at radius 3 is 2.20 bits per heavy atom. The Hall–Kier alpha value is -2.04. The van der Waals surface area contributed by atoms with Crippen LogP contribution in [0.3, 0.4) is 0 Å². The van der Waals surface area contributed by atoms with Crippen molar-refractivity contribution in [1.82, 2.24) is 9.80 Å². The summed E-state index contributed by atoms with van der Waals surface area (Å²) in [4.78, 5) is 30.4. The SMILES string of the molecule is CC(=O)N(CC(=O)N1CCN(c2cccc(C)c2C)CC1)C(C)(C)C. The second kappa shape index (κ2) is 7.46. The van der Waals surface area contributed by atoms with Crippen LogP contribution in [0.5, 0.6) is 0 Å². The number of carbonyl (C=O) groups is 2. The van der Waals surface area contributed by atoms with Gasteiger partial charge in [0.05, 0.1) is 0 Å². The Labute approximate surface area is 151 Å². The molecule has 0 aromatic heterocycles. The van der Waals surface area contributed by atoms with Crippen LogP contribution in [-0.4, -0.2) is 59.9 Å². The molecular weight excluding hydrogens is 314 g/mol. The quantitative estimate of drug-likeness (QED) is 0.846. The number of piperazine rings is 1. The van der Waals surface area contributed by atoms with E-state index in [0.717, 1.165) is 13.1 Å². The van der Waals surface area contributed by atoms with Gasteiger partial charge in [0.15, 0.2) is 0 Å². The van der Waals surface area contributed by atoms with Crippen LogP contribution in [0.2, 0.25) is 0 Å². The molecule has 0 aliphatic carbocycles. The first-order valence-corrected chi connectivity index (χ1v) is 8.98. The van der Waals surface area contributed by atoms with E-state index in [1.807, 2.05) is 25.7 Å². The number of rotatable bonds is 3. The fraction of sp³-hybridized carbons (Fsp3) is 0.600. The van der Waals surface area contributed by atoms with Gasteiger partial charge in [0.2, 0.25) is 11.8 Å². The molecule has 1 aromatic carbocycles. The summed E-state index contributed by atoms with van der Waals surface area (Å²) in [7, 11) is 0. The third kappa shape index (κ3) is 4.53. The Morgan fingerprint density at radius 1 is 1.08 bits per heavy atom. The summed E-state index contributed by atoms with van der Waals surface area (Å²) >= 11 is 0. The molecule has 1 aromatic rings. The minimum atomic E-state index is -0.345. The van der Waals surface area contributed by atoms with Crippen LogP contribution in [0.15, 0.2) is 18.2 Å². The number of hydrogen-bond donors (Lipinski definition) is 0. The molecule has 1 aliphatic rings. The monoisotopic (exact) mass is 345 g/mol. The maximum Gasteiger partial charge on any atom is 0.242 e. The molecule has 0 spiro atoms. The average molecular weight is 345 g/mol. The number of benzene rings is 1. The molecule has 25 heavy (non-hydrogen) atoms. The van der Waals surface area contributed by atoms with Gasteiger partial charge in [-0.25, -0.2) is 0 Å². The molecule has 1 fully saturated rings. The van der Waals surface area contributed by atoms with Crippen molar-refractivity contribution in [1.29, 1.82) is 0 Å². The van der Waals surface area contributed by atoms with Gasteiger partial charge in [-0.15, -0.1) is 0 Å². The second-order valence-corrected chi connectivity index (χ2v) is 7.86. The highest BCUT2D eigenvalue weighted by Gasteiger charge is 2.29. The maximum absolute atomic E-state index is 12.6. The van der Waals surface area contributed by atoms with Gasteiger partial charge < -0.3 is 14.7 Å². The highest BCUT2D eigenvalue weighted by molar-refractivity contribution is 5.84. The number of carbonyl (C=O) groups excluding carboxylic acids is 2. The Kier molecular flexibility index (Phi) is 5.76. The number of aryl methyl sites for hydroxylation is 1. The van der Waals surface area contributed by atoms with Crippen LogP contribution in [-0.2, 0) is 9.59 Å². The van der Waals surface area contributed by atoms with Crippen molar-refractivity contribution in [3.8, 4) is 0 Å².